The zero-order valence-corrected chi connectivity index (χ0v) is 38.4. The van der Waals surface area contributed by atoms with Crippen LogP contribution >= 0.6 is 0 Å². The van der Waals surface area contributed by atoms with E-state index in [1.165, 1.54) is 74.5 Å². The minimum Gasteiger partial charge on any atom is -0.322 e. The second-order valence-electron chi connectivity index (χ2n) is 16.9. The van der Waals surface area contributed by atoms with Crippen LogP contribution in [0.25, 0.3) is 33.8 Å². The third-order valence-corrected chi connectivity index (χ3v) is 11.7. The Morgan fingerprint density at radius 1 is 0.364 bits per heavy atom. The van der Waals surface area contributed by atoms with Crippen LogP contribution in [0.15, 0.2) is 146 Å². The fourth-order valence-corrected chi connectivity index (χ4v) is 7.81. The summed E-state index contributed by atoms with van der Waals surface area (Å²) >= 11 is 0. The number of carbonyl (C=O) groups is 3. The quantitative estimate of drug-likeness (QED) is 0.0617. The number of rotatable bonds is 21. The van der Waals surface area contributed by atoms with Gasteiger partial charge in [0.05, 0.1) is 33.8 Å². The van der Waals surface area contributed by atoms with E-state index < -0.39 is 17.7 Å². The Bertz CT molecular complexity index is 2350. The third-order valence-electron chi connectivity index (χ3n) is 11.7. The van der Waals surface area contributed by atoms with Crippen molar-refractivity contribution in [1.82, 2.24) is 15.0 Å². The first kappa shape index (κ1) is 46.7. The molecule has 7 rings (SSSR count). The average Bonchev–Trinajstić information content (AvgIpc) is 3.35. The average molecular weight is 877 g/mol. The summed E-state index contributed by atoms with van der Waals surface area (Å²) in [5, 5.41) is 8.81. The van der Waals surface area contributed by atoms with Crippen LogP contribution in [0.5, 0.6) is 0 Å². The Morgan fingerprint density at radius 2 is 0.636 bits per heavy atom. The van der Waals surface area contributed by atoms with E-state index in [0.29, 0.717) is 33.8 Å². The first-order chi connectivity index (χ1) is 32.3. The highest BCUT2D eigenvalue weighted by Gasteiger charge is 2.15. The number of aryl methyl sites for hydroxylation is 3. The molecule has 336 valence electrons. The van der Waals surface area contributed by atoms with Crippen molar-refractivity contribution in [1.29, 1.82) is 0 Å². The van der Waals surface area contributed by atoms with Crippen LogP contribution in [-0.2, 0) is 19.3 Å². The van der Waals surface area contributed by atoms with Gasteiger partial charge in [-0.1, -0.05) is 132 Å². The number of pyridine rings is 3. The second-order valence-corrected chi connectivity index (χ2v) is 16.9. The van der Waals surface area contributed by atoms with Gasteiger partial charge in [0.1, 0.15) is 0 Å². The fraction of sp³-hybridized carbons (Fsp3) is 0.263. The lowest BCUT2D eigenvalue weighted by molar-refractivity contribution is 0.101. The molecule has 3 aromatic heterocycles. The van der Waals surface area contributed by atoms with Gasteiger partial charge < -0.3 is 16.0 Å². The Hall–Kier alpha value is -7.26. The molecule has 9 heteroatoms. The number of anilines is 3. The van der Waals surface area contributed by atoms with Gasteiger partial charge in [-0.3, -0.25) is 29.3 Å². The standard InChI is InChI=1S/C57H60N6O3/c1-4-7-10-13-40-16-22-43(23-17-40)52-31-28-46(37-58-52)55(64)61-49-34-50(62-56(65)47-29-32-53(59-38-47)44-24-18-41(19-25-44)14-11-8-5-2)36-51(35-49)63-57(66)48-30-33-54(60-39-48)45-26-20-42(21-27-45)15-12-9-6-3/h16-39H,4-15H2,1-3H3,(H,61,64)(H,62,65)(H,63,66). The smallest absolute Gasteiger partial charge is 0.257 e. The zero-order chi connectivity index (χ0) is 46.1. The first-order valence-electron chi connectivity index (χ1n) is 23.5. The Kier molecular flexibility index (Phi) is 16.7. The minimum absolute atomic E-state index is 0.351. The molecule has 0 fully saturated rings. The van der Waals surface area contributed by atoms with Crippen LogP contribution < -0.4 is 16.0 Å². The molecule has 0 saturated carbocycles. The van der Waals surface area contributed by atoms with Crippen molar-refractivity contribution in [2.75, 3.05) is 16.0 Å². The van der Waals surface area contributed by atoms with Crippen molar-refractivity contribution < 1.29 is 14.4 Å². The number of carbonyl (C=O) groups excluding carboxylic acids is 3. The number of hydrogen-bond acceptors (Lipinski definition) is 6. The van der Waals surface area contributed by atoms with Gasteiger partial charge in [0.25, 0.3) is 17.7 Å². The molecule has 0 spiro atoms. The molecule has 0 aliphatic carbocycles. The van der Waals surface area contributed by atoms with Gasteiger partial charge in [0, 0.05) is 52.3 Å². The number of aromatic nitrogens is 3. The molecule has 3 amide bonds. The number of nitrogens with zero attached hydrogens (tertiary/aromatic N) is 3. The number of hydrogen-bond donors (Lipinski definition) is 3. The SMILES string of the molecule is CCCCCc1ccc(-c2ccc(C(=O)Nc3cc(NC(=O)c4ccc(-c5ccc(CCCCC)cc5)nc4)cc(NC(=O)c4ccc(-c5ccc(CCCCC)cc5)nc4)c3)cn2)cc1. The van der Waals surface area contributed by atoms with E-state index in [2.05, 4.69) is 124 Å². The van der Waals surface area contributed by atoms with Crippen LogP contribution in [0.1, 0.15) is 126 Å². The molecule has 9 nitrogen and oxygen atoms in total. The molecule has 3 heterocycles. The molecule has 0 saturated heterocycles. The van der Waals surface area contributed by atoms with Crippen molar-refractivity contribution in [2.45, 2.75) is 97.8 Å². The van der Waals surface area contributed by atoms with Crippen molar-refractivity contribution >= 4 is 34.8 Å². The highest BCUT2D eigenvalue weighted by Crippen LogP contribution is 2.27. The predicted octanol–water partition coefficient (Wildman–Crippen LogP) is 13.8. The largest absolute Gasteiger partial charge is 0.322 e. The van der Waals surface area contributed by atoms with Crippen LogP contribution in [-0.4, -0.2) is 32.7 Å². The Balaban J connectivity index is 1.06. The van der Waals surface area contributed by atoms with Crippen LogP contribution in [0.4, 0.5) is 17.1 Å². The summed E-state index contributed by atoms with van der Waals surface area (Å²) in [6, 6.07) is 40.8. The molecular formula is C57H60N6O3. The van der Waals surface area contributed by atoms with Crippen LogP contribution in [0.2, 0.25) is 0 Å². The second kappa shape index (κ2) is 23.6. The molecule has 0 bridgehead atoms. The summed E-state index contributed by atoms with van der Waals surface area (Å²) < 4.78 is 0. The maximum absolute atomic E-state index is 13.7. The molecule has 0 unspecified atom stereocenters. The molecule has 4 aromatic carbocycles. The van der Waals surface area contributed by atoms with E-state index in [-0.39, 0.29) is 0 Å². The van der Waals surface area contributed by atoms with Crippen LogP contribution in [0, 0.1) is 0 Å². The molecule has 0 aliphatic rings. The fourth-order valence-electron chi connectivity index (χ4n) is 7.81. The molecule has 3 N–H and O–H groups in total. The van der Waals surface area contributed by atoms with Gasteiger partial charge in [0.2, 0.25) is 0 Å². The van der Waals surface area contributed by atoms with Gasteiger partial charge >= 0.3 is 0 Å². The Labute approximate surface area is 389 Å². The van der Waals surface area contributed by atoms with E-state index in [4.69, 9.17) is 0 Å². The monoisotopic (exact) mass is 876 g/mol. The number of benzene rings is 4. The highest BCUT2D eigenvalue weighted by atomic mass is 16.2. The maximum Gasteiger partial charge on any atom is 0.257 e. The summed E-state index contributed by atoms with van der Waals surface area (Å²) in [6.07, 6.45) is 18.5. The predicted molar refractivity (Wildman–Crippen MR) is 269 cm³/mol. The van der Waals surface area contributed by atoms with Crippen molar-refractivity contribution in [3.63, 3.8) is 0 Å². The lowest BCUT2D eigenvalue weighted by Gasteiger charge is -2.14. The number of amides is 3. The summed E-state index contributed by atoms with van der Waals surface area (Å²) in [4.78, 5) is 54.7. The van der Waals surface area contributed by atoms with Gasteiger partial charge in [-0.25, -0.2) is 0 Å². The molecular weight excluding hydrogens is 817 g/mol. The summed E-state index contributed by atoms with van der Waals surface area (Å²) in [7, 11) is 0. The summed E-state index contributed by atoms with van der Waals surface area (Å²) in [5.41, 5.74) is 11.2. The van der Waals surface area contributed by atoms with E-state index in [1.807, 2.05) is 18.2 Å². The normalized spacial score (nSPS) is 11.0. The lowest BCUT2D eigenvalue weighted by atomic mass is 10.0. The molecule has 0 aliphatic heterocycles. The third kappa shape index (κ3) is 13.2. The van der Waals surface area contributed by atoms with Gasteiger partial charge in [0.15, 0.2) is 0 Å². The Morgan fingerprint density at radius 3 is 0.864 bits per heavy atom. The summed E-state index contributed by atoms with van der Waals surface area (Å²) in [6.45, 7) is 6.61. The summed E-state index contributed by atoms with van der Waals surface area (Å²) in [5.74, 6) is -1.20. The zero-order valence-electron chi connectivity index (χ0n) is 38.4. The molecule has 0 atom stereocenters. The van der Waals surface area contributed by atoms with Crippen molar-refractivity contribution in [3.8, 4) is 33.8 Å². The van der Waals surface area contributed by atoms with E-state index >= 15 is 0 Å². The van der Waals surface area contributed by atoms with E-state index in [9.17, 15) is 14.4 Å². The minimum atomic E-state index is -0.399. The topological polar surface area (TPSA) is 126 Å². The molecule has 0 radical (unpaired) electrons. The van der Waals surface area contributed by atoms with E-state index in [1.54, 1.807) is 55.0 Å². The molecule has 7 aromatic rings. The van der Waals surface area contributed by atoms with Gasteiger partial charge in [-0.15, -0.1) is 0 Å². The molecule has 66 heavy (non-hydrogen) atoms. The van der Waals surface area contributed by atoms with Gasteiger partial charge in [-0.05, 0) is 110 Å². The van der Waals surface area contributed by atoms with E-state index in [0.717, 1.165) is 53.0 Å². The first-order valence-corrected chi connectivity index (χ1v) is 23.5. The lowest BCUT2D eigenvalue weighted by Crippen LogP contribution is -2.16. The number of unbranched alkanes of at least 4 members (excludes halogenated alkanes) is 6. The van der Waals surface area contributed by atoms with Crippen molar-refractivity contribution in [3.05, 3.63) is 179 Å². The van der Waals surface area contributed by atoms with Crippen molar-refractivity contribution in [2.24, 2.45) is 0 Å². The van der Waals surface area contributed by atoms with Crippen LogP contribution in [0.3, 0.4) is 0 Å². The number of nitrogens with one attached hydrogen (secondary N) is 3. The highest BCUT2D eigenvalue weighted by molar-refractivity contribution is 6.09. The maximum atomic E-state index is 13.7. The van der Waals surface area contributed by atoms with Gasteiger partial charge in [-0.2, -0.15) is 0 Å².